The first-order valence-corrected chi connectivity index (χ1v) is 9.03. The van der Waals surface area contributed by atoms with Gasteiger partial charge in [-0.2, -0.15) is 0 Å². The molecule has 0 bridgehead atoms. The average Bonchev–Trinajstić information content (AvgIpc) is 2.36. The molecule has 1 aromatic rings. The minimum atomic E-state index is -5.05. The maximum absolute atomic E-state index is 11.4. The zero-order valence-corrected chi connectivity index (χ0v) is 10.4. The van der Waals surface area contributed by atoms with E-state index in [0.29, 0.717) is 0 Å². The minimum absolute atomic E-state index is 0.152. The third kappa shape index (κ3) is 1.75. The molecule has 1 heterocycles. The van der Waals surface area contributed by atoms with Gasteiger partial charge >= 0.3 is 94.9 Å². The monoisotopic (exact) mass is 360 g/mol. The van der Waals surface area contributed by atoms with Crippen LogP contribution in [0, 0.1) is 3.57 Å². The van der Waals surface area contributed by atoms with E-state index in [1.54, 1.807) is 0 Å². The SMILES string of the molecule is O=C1OI(=O)(O)c2cc(S(=O)(=O)O)ccc21. The van der Waals surface area contributed by atoms with Gasteiger partial charge in [-0.05, 0) is 0 Å². The van der Waals surface area contributed by atoms with Gasteiger partial charge in [0.1, 0.15) is 0 Å². The van der Waals surface area contributed by atoms with Crippen molar-refractivity contribution in [2.75, 3.05) is 0 Å². The molecule has 1 unspecified atom stereocenters. The second-order valence-corrected chi connectivity index (χ2v) is 8.46. The van der Waals surface area contributed by atoms with Crippen LogP contribution in [0.1, 0.15) is 10.4 Å². The normalized spacial score (nSPS) is 28.0. The van der Waals surface area contributed by atoms with Gasteiger partial charge in [0.25, 0.3) is 0 Å². The van der Waals surface area contributed by atoms with Crippen LogP contribution in [0.4, 0.5) is 0 Å². The van der Waals surface area contributed by atoms with Crippen molar-refractivity contribution in [3.05, 3.63) is 27.3 Å². The molecule has 0 amide bonds. The molecule has 0 aromatic heterocycles. The number of halogens is 1. The summed E-state index contributed by atoms with van der Waals surface area (Å²) < 4.78 is 55.0. The molecule has 1 aliphatic rings. The van der Waals surface area contributed by atoms with E-state index in [1.165, 1.54) is 0 Å². The number of fused-ring (bicyclic) bond motifs is 1. The molecule has 0 saturated heterocycles. The Kier molecular flexibility index (Phi) is 2.38. The topological polar surface area (TPSA) is 118 Å². The number of benzene rings is 1. The Balaban J connectivity index is 2.74. The quantitative estimate of drug-likeness (QED) is 0.553. The number of carbonyl (C=O) groups excluding carboxylic acids is 1. The van der Waals surface area contributed by atoms with Crippen LogP contribution < -0.4 is 0 Å². The van der Waals surface area contributed by atoms with E-state index in [-0.39, 0.29) is 9.13 Å². The van der Waals surface area contributed by atoms with Gasteiger partial charge in [-0.25, -0.2) is 0 Å². The number of hydrogen-bond acceptors (Lipinski definition) is 5. The molecule has 1 aromatic carbocycles. The predicted octanol–water partition coefficient (Wildman–Crippen LogP) is 0.483. The zero-order valence-electron chi connectivity index (χ0n) is 7.45. The van der Waals surface area contributed by atoms with Crippen molar-refractivity contribution in [2.45, 2.75) is 4.90 Å². The van der Waals surface area contributed by atoms with Gasteiger partial charge in [0, 0.05) is 0 Å². The number of carbonyl (C=O) groups is 1. The van der Waals surface area contributed by atoms with Crippen molar-refractivity contribution in [1.29, 1.82) is 0 Å². The molecule has 0 saturated carbocycles. The molecule has 0 fully saturated rings. The van der Waals surface area contributed by atoms with E-state index in [0.717, 1.165) is 18.2 Å². The fourth-order valence-electron chi connectivity index (χ4n) is 1.20. The zero-order chi connectivity index (χ0) is 12.1. The van der Waals surface area contributed by atoms with E-state index < -0.39 is 40.2 Å². The van der Waals surface area contributed by atoms with Crippen LogP contribution in [-0.2, 0) is 16.3 Å². The van der Waals surface area contributed by atoms with Crippen LogP contribution in [0.25, 0.3) is 0 Å². The summed E-state index contributed by atoms with van der Waals surface area (Å²) in [5.41, 5.74) is -0.152. The maximum atomic E-state index is 11.4. The Morgan fingerprint density at radius 3 is 2.50 bits per heavy atom. The summed E-state index contributed by atoms with van der Waals surface area (Å²) in [6, 6.07) is 2.76. The summed E-state index contributed by atoms with van der Waals surface area (Å²) in [6.07, 6.45) is 0. The van der Waals surface area contributed by atoms with Gasteiger partial charge in [-0.3, -0.25) is 0 Å². The van der Waals surface area contributed by atoms with Crippen LogP contribution in [0.3, 0.4) is 0 Å². The molecular formula is C7H5IO7S. The van der Waals surface area contributed by atoms with Crippen molar-refractivity contribution in [2.24, 2.45) is 0 Å². The molecule has 0 spiro atoms. The van der Waals surface area contributed by atoms with Gasteiger partial charge in [0.05, 0.1) is 0 Å². The third-order valence-electron chi connectivity index (χ3n) is 1.89. The Morgan fingerprint density at radius 2 is 1.94 bits per heavy atom. The Bertz CT molecular complexity index is 632. The standard InChI is InChI=1S/C7H5IO7S/c9-7-5-2-1-4(16(12,13)14)3-6(5)8(10,11)15-7/h1-3H,(H,10,11)(H,12,13,14). The van der Waals surface area contributed by atoms with Gasteiger partial charge in [0.2, 0.25) is 0 Å². The molecule has 2 N–H and O–H groups in total. The molecule has 0 radical (unpaired) electrons. The Labute approximate surface area is 94.8 Å². The van der Waals surface area contributed by atoms with Gasteiger partial charge < -0.3 is 0 Å². The average molecular weight is 360 g/mol. The third-order valence-corrected chi connectivity index (χ3v) is 6.10. The number of rotatable bonds is 1. The molecule has 16 heavy (non-hydrogen) atoms. The Hall–Kier alpha value is -0.910. The van der Waals surface area contributed by atoms with E-state index in [1.807, 2.05) is 0 Å². The van der Waals surface area contributed by atoms with Crippen LogP contribution >= 0.6 is 19.3 Å². The van der Waals surface area contributed by atoms with Crippen molar-refractivity contribution in [1.82, 2.24) is 0 Å². The van der Waals surface area contributed by atoms with Crippen LogP contribution in [0.15, 0.2) is 23.1 Å². The van der Waals surface area contributed by atoms with Gasteiger partial charge in [-0.1, -0.05) is 0 Å². The summed E-state index contributed by atoms with van der Waals surface area (Å²) in [6.45, 7) is 0. The molecule has 88 valence electrons. The number of hydrogen-bond donors (Lipinski definition) is 2. The van der Waals surface area contributed by atoms with Crippen molar-refractivity contribution < 1.29 is 27.3 Å². The first kappa shape index (κ1) is 11.6. The van der Waals surface area contributed by atoms with E-state index in [4.69, 9.17) is 4.55 Å². The van der Waals surface area contributed by atoms with Gasteiger partial charge in [-0.15, -0.1) is 0 Å². The van der Waals surface area contributed by atoms with Crippen molar-refractivity contribution >= 4 is 35.3 Å². The van der Waals surface area contributed by atoms with Gasteiger partial charge in [0.15, 0.2) is 0 Å². The van der Waals surface area contributed by atoms with Crippen LogP contribution in [0.2, 0.25) is 0 Å². The molecule has 0 aliphatic carbocycles. The van der Waals surface area contributed by atoms with E-state index in [9.17, 15) is 19.7 Å². The first-order valence-electron chi connectivity index (χ1n) is 3.78. The summed E-state index contributed by atoms with van der Waals surface area (Å²) in [5.74, 6) is -0.967. The predicted molar refractivity (Wildman–Crippen MR) is 57.3 cm³/mol. The van der Waals surface area contributed by atoms with E-state index >= 15 is 0 Å². The molecule has 9 heteroatoms. The van der Waals surface area contributed by atoms with Crippen LogP contribution in [0.5, 0.6) is 0 Å². The molecule has 2 rings (SSSR count). The summed E-state index contributed by atoms with van der Waals surface area (Å²) in [7, 11) is -4.48. The second kappa shape index (κ2) is 3.29. The first-order chi connectivity index (χ1) is 7.22. The molecule has 1 atom stereocenters. The van der Waals surface area contributed by atoms with Crippen molar-refractivity contribution in [3.8, 4) is 0 Å². The fourth-order valence-corrected chi connectivity index (χ4v) is 4.80. The van der Waals surface area contributed by atoms with Crippen LogP contribution in [-0.4, -0.2) is 22.4 Å². The van der Waals surface area contributed by atoms with E-state index in [2.05, 4.69) is 3.07 Å². The summed E-state index contributed by atoms with van der Waals surface area (Å²) in [4.78, 5) is 10.5. The molecular weight excluding hydrogens is 355 g/mol. The Morgan fingerprint density at radius 1 is 1.31 bits per heavy atom. The second-order valence-electron chi connectivity index (χ2n) is 2.92. The molecule has 1 aliphatic heterocycles. The van der Waals surface area contributed by atoms with Crippen molar-refractivity contribution in [3.63, 3.8) is 0 Å². The fraction of sp³-hybridized carbons (Fsp3) is 0. The summed E-state index contributed by atoms with van der Waals surface area (Å²) >= 11 is -5.05. The molecule has 7 nitrogen and oxygen atoms in total. The summed E-state index contributed by atoms with van der Waals surface area (Å²) in [5, 5.41) is 0.